The van der Waals surface area contributed by atoms with E-state index in [0.29, 0.717) is 23.5 Å². The Bertz CT molecular complexity index is 652. The maximum absolute atomic E-state index is 12.8. The Morgan fingerprint density at radius 1 is 1.44 bits per heavy atom. The molecule has 1 aliphatic rings. The number of nitrogen functional groups attached to an aromatic ring is 1. The molecule has 7 heteroatoms. The summed E-state index contributed by atoms with van der Waals surface area (Å²) < 4.78 is 11.2. The average molecular weight is 349 g/mol. The van der Waals surface area contributed by atoms with Gasteiger partial charge in [0.15, 0.2) is 5.75 Å². The number of nitrogens with one attached hydrogen (secondary N) is 1. The van der Waals surface area contributed by atoms with Gasteiger partial charge in [-0.1, -0.05) is 6.07 Å². The quantitative estimate of drug-likeness (QED) is 0.817. The van der Waals surface area contributed by atoms with Crippen molar-refractivity contribution in [1.82, 2.24) is 10.2 Å². The Labute approximate surface area is 148 Å². The van der Waals surface area contributed by atoms with Crippen molar-refractivity contribution in [2.75, 3.05) is 18.8 Å². The molecule has 1 aliphatic heterocycles. The lowest BCUT2D eigenvalue weighted by molar-refractivity contribution is 0.0481. The first-order valence-electron chi connectivity index (χ1n) is 8.41. The highest BCUT2D eigenvalue weighted by Crippen LogP contribution is 2.31. The highest BCUT2D eigenvalue weighted by atomic mass is 16.6. The van der Waals surface area contributed by atoms with Crippen molar-refractivity contribution in [2.45, 2.75) is 52.4 Å². The summed E-state index contributed by atoms with van der Waals surface area (Å²) >= 11 is 0. The third-order valence-corrected chi connectivity index (χ3v) is 3.72. The fraction of sp³-hybridized carbons (Fsp3) is 0.556. The zero-order chi connectivity index (χ0) is 18.8. The van der Waals surface area contributed by atoms with Gasteiger partial charge in [-0.05, 0) is 46.8 Å². The summed E-state index contributed by atoms with van der Waals surface area (Å²) in [5.41, 5.74) is 6.25. The third-order valence-electron chi connectivity index (χ3n) is 3.72. The number of ether oxygens (including phenoxy) is 2. The van der Waals surface area contributed by atoms with Gasteiger partial charge < -0.3 is 25.4 Å². The van der Waals surface area contributed by atoms with E-state index in [1.165, 1.54) is 0 Å². The summed E-state index contributed by atoms with van der Waals surface area (Å²) in [6.45, 7) is 9.82. The van der Waals surface area contributed by atoms with Crippen LogP contribution in [0.2, 0.25) is 0 Å². The molecule has 0 saturated carbocycles. The summed E-state index contributed by atoms with van der Waals surface area (Å²) in [7, 11) is 0. The fourth-order valence-corrected chi connectivity index (χ4v) is 2.58. The first-order chi connectivity index (χ1) is 11.6. The molecule has 1 atom stereocenters. The van der Waals surface area contributed by atoms with Gasteiger partial charge in [-0.2, -0.15) is 0 Å². The van der Waals surface area contributed by atoms with Gasteiger partial charge in [-0.3, -0.25) is 4.79 Å². The Balaban J connectivity index is 2.18. The molecule has 1 heterocycles. The predicted molar refractivity (Wildman–Crippen MR) is 95.7 cm³/mol. The number of nitrogens with two attached hydrogens (primary N) is 1. The Morgan fingerprint density at radius 2 is 2.12 bits per heavy atom. The molecule has 0 radical (unpaired) electrons. The zero-order valence-corrected chi connectivity index (χ0v) is 15.5. The summed E-state index contributed by atoms with van der Waals surface area (Å²) in [4.78, 5) is 26.4. The normalized spacial score (nSPS) is 17.6. The van der Waals surface area contributed by atoms with Crippen LogP contribution in [0.5, 0.6) is 5.75 Å². The predicted octanol–water partition coefficient (Wildman–Crippen LogP) is 2.41. The monoisotopic (exact) mass is 349 g/mol. The van der Waals surface area contributed by atoms with E-state index in [1.807, 2.05) is 13.8 Å². The maximum Gasteiger partial charge on any atom is 0.407 e. The molecular formula is C18H27N3O4. The van der Waals surface area contributed by atoms with E-state index in [4.69, 9.17) is 15.2 Å². The van der Waals surface area contributed by atoms with Crippen molar-refractivity contribution in [2.24, 2.45) is 0 Å². The largest absolute Gasteiger partial charge is 0.484 e. The standard InChI is InChI=1S/C18H27N3O4/c1-11(2)21-10-12(9-20-17(23)25-18(3,4)5)24-15-13(16(21)22)7-6-8-14(15)19/h6-8,11-12H,9-10,19H2,1-5H3,(H,20,23). The SMILES string of the molecule is CC(C)N1CC(CNC(=O)OC(C)(C)C)Oc2c(N)cccc2C1=O. The molecule has 3 N–H and O–H groups in total. The molecule has 7 nitrogen and oxygen atoms in total. The van der Waals surface area contributed by atoms with Crippen LogP contribution < -0.4 is 15.8 Å². The number of para-hydroxylation sites is 1. The Hall–Kier alpha value is -2.44. The number of nitrogens with zero attached hydrogens (tertiary/aromatic N) is 1. The van der Waals surface area contributed by atoms with Crippen LogP contribution in [-0.4, -0.2) is 47.7 Å². The van der Waals surface area contributed by atoms with E-state index in [2.05, 4.69) is 5.32 Å². The first-order valence-corrected chi connectivity index (χ1v) is 8.41. The van der Waals surface area contributed by atoms with Crippen molar-refractivity contribution in [1.29, 1.82) is 0 Å². The van der Waals surface area contributed by atoms with Crippen molar-refractivity contribution >= 4 is 17.7 Å². The second kappa shape index (κ2) is 7.21. The second-order valence-electron chi connectivity index (χ2n) is 7.40. The van der Waals surface area contributed by atoms with E-state index >= 15 is 0 Å². The van der Waals surface area contributed by atoms with Crippen LogP contribution >= 0.6 is 0 Å². The topological polar surface area (TPSA) is 93.9 Å². The number of benzene rings is 1. The smallest absolute Gasteiger partial charge is 0.407 e. The Morgan fingerprint density at radius 3 is 2.72 bits per heavy atom. The molecule has 1 aromatic carbocycles. The fourth-order valence-electron chi connectivity index (χ4n) is 2.58. The van der Waals surface area contributed by atoms with Crippen molar-refractivity contribution in [3.63, 3.8) is 0 Å². The van der Waals surface area contributed by atoms with Crippen LogP contribution in [0.4, 0.5) is 10.5 Å². The second-order valence-corrected chi connectivity index (χ2v) is 7.40. The van der Waals surface area contributed by atoms with E-state index in [-0.39, 0.29) is 18.5 Å². The number of amides is 2. The first kappa shape index (κ1) is 18.9. The summed E-state index contributed by atoms with van der Waals surface area (Å²) in [5.74, 6) is 0.240. The van der Waals surface area contributed by atoms with Gasteiger partial charge in [0.2, 0.25) is 0 Å². The number of anilines is 1. The summed E-state index contributed by atoms with van der Waals surface area (Å²) in [5, 5.41) is 2.70. The molecule has 2 rings (SSSR count). The maximum atomic E-state index is 12.8. The van der Waals surface area contributed by atoms with Crippen LogP contribution in [0.3, 0.4) is 0 Å². The molecule has 0 spiro atoms. The van der Waals surface area contributed by atoms with Gasteiger partial charge in [-0.15, -0.1) is 0 Å². The molecule has 0 saturated heterocycles. The average Bonchev–Trinajstić information content (AvgIpc) is 2.62. The lowest BCUT2D eigenvalue weighted by atomic mass is 10.1. The lowest BCUT2D eigenvalue weighted by Gasteiger charge is -2.28. The molecule has 1 unspecified atom stereocenters. The number of hydrogen-bond acceptors (Lipinski definition) is 5. The number of carbonyl (C=O) groups is 2. The molecular weight excluding hydrogens is 322 g/mol. The molecule has 0 bridgehead atoms. The zero-order valence-electron chi connectivity index (χ0n) is 15.5. The van der Waals surface area contributed by atoms with Crippen LogP contribution in [0.1, 0.15) is 45.0 Å². The minimum Gasteiger partial charge on any atom is -0.484 e. The van der Waals surface area contributed by atoms with Crippen molar-refractivity contribution < 1.29 is 19.1 Å². The van der Waals surface area contributed by atoms with Crippen LogP contribution in [0.25, 0.3) is 0 Å². The molecule has 138 valence electrons. The number of hydrogen-bond donors (Lipinski definition) is 2. The van der Waals surface area contributed by atoms with E-state index in [0.717, 1.165) is 0 Å². The van der Waals surface area contributed by atoms with Gasteiger partial charge in [0.05, 0.1) is 24.3 Å². The van der Waals surface area contributed by atoms with Crippen LogP contribution in [-0.2, 0) is 4.74 Å². The van der Waals surface area contributed by atoms with Gasteiger partial charge in [0.25, 0.3) is 5.91 Å². The van der Waals surface area contributed by atoms with Crippen molar-refractivity contribution in [3.05, 3.63) is 23.8 Å². The lowest BCUT2D eigenvalue weighted by Crippen LogP contribution is -2.46. The number of carbonyl (C=O) groups excluding carboxylic acids is 2. The van der Waals surface area contributed by atoms with Crippen molar-refractivity contribution in [3.8, 4) is 5.75 Å². The number of rotatable bonds is 3. The molecule has 2 amide bonds. The summed E-state index contributed by atoms with van der Waals surface area (Å²) in [6, 6.07) is 5.11. The van der Waals surface area contributed by atoms with Gasteiger partial charge in [-0.25, -0.2) is 4.79 Å². The molecule has 0 aliphatic carbocycles. The highest BCUT2D eigenvalue weighted by Gasteiger charge is 2.31. The molecule has 0 aromatic heterocycles. The molecule has 1 aromatic rings. The Kier molecular flexibility index (Phi) is 5.45. The van der Waals surface area contributed by atoms with E-state index < -0.39 is 17.8 Å². The highest BCUT2D eigenvalue weighted by molar-refractivity contribution is 5.99. The van der Waals surface area contributed by atoms with E-state index in [1.54, 1.807) is 43.9 Å². The minimum absolute atomic E-state index is 0.00694. The van der Waals surface area contributed by atoms with Gasteiger partial charge in [0.1, 0.15) is 11.7 Å². The molecule has 25 heavy (non-hydrogen) atoms. The van der Waals surface area contributed by atoms with Crippen LogP contribution in [0.15, 0.2) is 18.2 Å². The van der Waals surface area contributed by atoms with Gasteiger partial charge >= 0.3 is 6.09 Å². The summed E-state index contributed by atoms with van der Waals surface area (Å²) in [6.07, 6.45) is -0.950. The third kappa shape index (κ3) is 4.78. The molecule has 0 fully saturated rings. The van der Waals surface area contributed by atoms with Gasteiger partial charge in [0, 0.05) is 6.04 Å². The minimum atomic E-state index is -0.578. The van der Waals surface area contributed by atoms with E-state index in [9.17, 15) is 9.59 Å². The number of fused-ring (bicyclic) bond motifs is 1. The van der Waals surface area contributed by atoms with Crippen LogP contribution in [0, 0.1) is 0 Å². The number of alkyl carbamates (subject to hydrolysis) is 1.